The Hall–Kier alpha value is -0.700. The lowest BCUT2D eigenvalue weighted by Crippen LogP contribution is -2.48. The lowest BCUT2D eigenvalue weighted by atomic mass is 10.0. The normalized spacial score (nSPS) is 23.6. The number of hydrogen-bond acceptors (Lipinski definition) is 3. The summed E-state index contributed by atoms with van der Waals surface area (Å²) in [6.07, 6.45) is 2.54. The van der Waals surface area contributed by atoms with Gasteiger partial charge in [0.1, 0.15) is 0 Å². The number of nitrogens with zero attached hydrogens (tertiary/aromatic N) is 1. The summed E-state index contributed by atoms with van der Waals surface area (Å²) in [6, 6.07) is 1.22. The van der Waals surface area contributed by atoms with Gasteiger partial charge in [-0.3, -0.25) is 4.90 Å². The van der Waals surface area contributed by atoms with Crippen molar-refractivity contribution in [3.8, 4) is 0 Å². The Morgan fingerprint density at radius 3 is 2.79 bits per heavy atom. The lowest BCUT2D eigenvalue weighted by Gasteiger charge is -2.36. The molecule has 0 radical (unpaired) electrons. The first kappa shape index (κ1) is 11.4. The van der Waals surface area contributed by atoms with Crippen molar-refractivity contribution >= 4 is 0 Å². The van der Waals surface area contributed by atoms with Gasteiger partial charge in [0, 0.05) is 25.7 Å². The van der Waals surface area contributed by atoms with Crippen molar-refractivity contribution in [2.45, 2.75) is 38.8 Å². The molecule has 1 atom stereocenters. The summed E-state index contributed by atoms with van der Waals surface area (Å²) in [5.41, 5.74) is 0. The van der Waals surface area contributed by atoms with Gasteiger partial charge >= 0.3 is 0 Å². The zero-order valence-corrected chi connectivity index (χ0v) is 9.64. The average Bonchev–Trinajstić information content (AvgIpc) is 2.18. The molecule has 1 rings (SSSR count). The maximum atomic E-state index is 3.90. The van der Waals surface area contributed by atoms with Crippen LogP contribution in [0.15, 0.2) is 12.4 Å². The third-order valence-corrected chi connectivity index (χ3v) is 2.86. The van der Waals surface area contributed by atoms with Crippen LogP contribution >= 0.6 is 0 Å². The fraction of sp³-hybridized carbons (Fsp3) is 0.818. The molecule has 2 N–H and O–H groups in total. The molecule has 0 aliphatic carbocycles. The molecule has 0 aromatic carbocycles. The maximum absolute atomic E-state index is 3.90. The molecule has 82 valence electrons. The molecule has 1 aliphatic heterocycles. The highest BCUT2D eigenvalue weighted by molar-refractivity contribution is 4.92. The molecule has 1 heterocycles. The highest BCUT2D eigenvalue weighted by atomic mass is 15.2. The molecule has 0 bridgehead atoms. The summed E-state index contributed by atoms with van der Waals surface area (Å²) in [7, 11) is 1.90. The summed E-state index contributed by atoms with van der Waals surface area (Å²) in [6.45, 7) is 10.8. The summed E-state index contributed by atoms with van der Waals surface area (Å²) in [4.78, 5) is 2.52. The molecular formula is C11H23N3. The molecule has 1 unspecified atom stereocenters. The second-order valence-corrected chi connectivity index (χ2v) is 4.30. The Labute approximate surface area is 87.6 Å². The highest BCUT2D eigenvalue weighted by Gasteiger charge is 2.21. The fourth-order valence-corrected chi connectivity index (χ4v) is 1.91. The zero-order chi connectivity index (χ0) is 10.6. The Bertz CT molecular complexity index is 189. The van der Waals surface area contributed by atoms with Gasteiger partial charge in [-0.15, -0.1) is 0 Å². The Balaban J connectivity index is 2.36. The third-order valence-electron chi connectivity index (χ3n) is 2.86. The van der Waals surface area contributed by atoms with E-state index in [9.17, 15) is 0 Å². The van der Waals surface area contributed by atoms with E-state index in [2.05, 4.69) is 36.0 Å². The van der Waals surface area contributed by atoms with Gasteiger partial charge in [0.2, 0.25) is 0 Å². The van der Waals surface area contributed by atoms with Gasteiger partial charge in [-0.2, -0.15) is 0 Å². The predicted molar refractivity (Wildman–Crippen MR) is 61.1 cm³/mol. The van der Waals surface area contributed by atoms with Gasteiger partial charge in [0.15, 0.2) is 0 Å². The summed E-state index contributed by atoms with van der Waals surface area (Å²) < 4.78 is 0. The topological polar surface area (TPSA) is 27.3 Å². The van der Waals surface area contributed by atoms with Crippen molar-refractivity contribution < 1.29 is 0 Å². The van der Waals surface area contributed by atoms with Crippen LogP contribution in [0.5, 0.6) is 0 Å². The van der Waals surface area contributed by atoms with Gasteiger partial charge < -0.3 is 10.6 Å². The van der Waals surface area contributed by atoms with Crippen LogP contribution < -0.4 is 10.6 Å². The molecule has 14 heavy (non-hydrogen) atoms. The van der Waals surface area contributed by atoms with E-state index in [0.29, 0.717) is 12.1 Å². The van der Waals surface area contributed by atoms with E-state index in [1.165, 1.54) is 19.4 Å². The molecule has 0 aromatic heterocycles. The van der Waals surface area contributed by atoms with Crippen molar-refractivity contribution in [3.05, 3.63) is 12.4 Å². The molecule has 0 spiro atoms. The SMILES string of the molecule is C=C(NC)NC1CCCN(C(C)C)C1. The van der Waals surface area contributed by atoms with E-state index >= 15 is 0 Å². The molecule has 0 aromatic rings. The van der Waals surface area contributed by atoms with Crippen LogP contribution in [0.3, 0.4) is 0 Å². The van der Waals surface area contributed by atoms with Gasteiger partial charge in [-0.1, -0.05) is 6.58 Å². The zero-order valence-electron chi connectivity index (χ0n) is 9.64. The van der Waals surface area contributed by atoms with Gasteiger partial charge in [-0.05, 0) is 33.2 Å². The number of likely N-dealkylation sites (tertiary alicyclic amines) is 1. The molecular weight excluding hydrogens is 174 g/mol. The van der Waals surface area contributed by atoms with E-state index in [4.69, 9.17) is 0 Å². The minimum Gasteiger partial charge on any atom is -0.375 e. The van der Waals surface area contributed by atoms with Gasteiger partial charge in [0.25, 0.3) is 0 Å². The van der Waals surface area contributed by atoms with Crippen molar-refractivity contribution in [3.63, 3.8) is 0 Å². The summed E-state index contributed by atoms with van der Waals surface area (Å²) in [5.74, 6) is 0.931. The minimum absolute atomic E-state index is 0.561. The van der Waals surface area contributed by atoms with Crippen LogP contribution in [-0.2, 0) is 0 Å². The molecule has 3 nitrogen and oxygen atoms in total. The molecule has 1 saturated heterocycles. The number of hydrogen-bond donors (Lipinski definition) is 2. The quantitative estimate of drug-likeness (QED) is 0.708. The van der Waals surface area contributed by atoms with Crippen LogP contribution in [-0.4, -0.2) is 37.1 Å². The maximum Gasteiger partial charge on any atom is 0.0912 e. The Morgan fingerprint density at radius 1 is 1.50 bits per heavy atom. The van der Waals surface area contributed by atoms with Crippen LogP contribution in [0.25, 0.3) is 0 Å². The molecule has 0 amide bonds. The molecule has 0 saturated carbocycles. The van der Waals surface area contributed by atoms with Gasteiger partial charge in [-0.25, -0.2) is 0 Å². The number of piperidine rings is 1. The first-order chi connectivity index (χ1) is 6.63. The first-order valence-corrected chi connectivity index (χ1v) is 5.50. The second kappa shape index (κ2) is 5.25. The van der Waals surface area contributed by atoms with E-state index in [-0.39, 0.29) is 0 Å². The van der Waals surface area contributed by atoms with Crippen LogP contribution in [0, 0.1) is 0 Å². The first-order valence-electron chi connectivity index (χ1n) is 5.50. The van der Waals surface area contributed by atoms with Crippen LogP contribution in [0.2, 0.25) is 0 Å². The Kier molecular flexibility index (Phi) is 4.26. The summed E-state index contributed by atoms with van der Waals surface area (Å²) >= 11 is 0. The predicted octanol–water partition coefficient (Wildman–Crippen LogP) is 1.14. The van der Waals surface area contributed by atoms with E-state index < -0.39 is 0 Å². The van der Waals surface area contributed by atoms with Crippen LogP contribution in [0.1, 0.15) is 26.7 Å². The monoisotopic (exact) mass is 197 g/mol. The standard InChI is InChI=1S/C11H23N3/c1-9(2)14-7-5-6-11(8-14)13-10(3)12-4/h9,11-13H,3,5-8H2,1-2,4H3. The lowest BCUT2D eigenvalue weighted by molar-refractivity contribution is 0.158. The Morgan fingerprint density at radius 2 is 2.21 bits per heavy atom. The largest absolute Gasteiger partial charge is 0.375 e. The number of nitrogens with one attached hydrogen (secondary N) is 2. The van der Waals surface area contributed by atoms with Crippen LogP contribution in [0.4, 0.5) is 0 Å². The molecule has 3 heteroatoms. The molecule has 1 aliphatic rings. The van der Waals surface area contributed by atoms with Crippen molar-refractivity contribution in [2.24, 2.45) is 0 Å². The number of rotatable bonds is 4. The van der Waals surface area contributed by atoms with Crippen molar-refractivity contribution in [1.82, 2.24) is 15.5 Å². The van der Waals surface area contributed by atoms with Gasteiger partial charge in [0.05, 0.1) is 5.82 Å². The van der Waals surface area contributed by atoms with E-state index in [0.717, 1.165) is 12.4 Å². The smallest absolute Gasteiger partial charge is 0.0912 e. The molecule has 1 fully saturated rings. The fourth-order valence-electron chi connectivity index (χ4n) is 1.91. The summed E-state index contributed by atoms with van der Waals surface area (Å²) in [5, 5.41) is 6.44. The average molecular weight is 197 g/mol. The van der Waals surface area contributed by atoms with Crippen molar-refractivity contribution in [1.29, 1.82) is 0 Å². The third kappa shape index (κ3) is 3.22. The van der Waals surface area contributed by atoms with E-state index in [1.54, 1.807) is 0 Å². The second-order valence-electron chi connectivity index (χ2n) is 4.30. The van der Waals surface area contributed by atoms with E-state index in [1.807, 2.05) is 7.05 Å². The van der Waals surface area contributed by atoms with Crippen molar-refractivity contribution in [2.75, 3.05) is 20.1 Å². The minimum atomic E-state index is 0.561. The highest BCUT2D eigenvalue weighted by Crippen LogP contribution is 2.13.